The highest BCUT2D eigenvalue weighted by atomic mass is 35.5. The molecule has 0 fully saturated rings. The molecule has 2 nitrogen and oxygen atoms in total. The van der Waals surface area contributed by atoms with Crippen molar-refractivity contribution >= 4 is 50.2 Å². The van der Waals surface area contributed by atoms with Crippen LogP contribution < -0.4 is 0 Å². The van der Waals surface area contributed by atoms with Gasteiger partial charge in [-0.1, -0.05) is 53.0 Å². The molecule has 0 heterocycles. The number of halogens is 3. The first-order valence-electron chi connectivity index (χ1n) is 5.32. The highest BCUT2D eigenvalue weighted by Gasteiger charge is 2.11. The molecule has 19 heavy (non-hydrogen) atoms. The lowest BCUT2D eigenvalue weighted by Gasteiger charge is -2.07. The van der Waals surface area contributed by atoms with E-state index in [1.54, 1.807) is 30.5 Å². The Morgan fingerprint density at radius 1 is 1.00 bits per heavy atom. The number of hydrogen-bond acceptors (Lipinski definition) is 2. The fraction of sp³-hybridized carbons (Fsp3) is 0.0769. The maximum absolute atomic E-state index is 12.6. The zero-order valence-electron chi connectivity index (χ0n) is 9.94. The molecule has 0 aliphatic carbocycles. The van der Waals surface area contributed by atoms with Crippen LogP contribution in [0.4, 0.5) is 5.69 Å². The van der Waals surface area contributed by atoms with Gasteiger partial charge in [-0.15, -0.1) is 0 Å². The van der Waals surface area contributed by atoms with E-state index in [-0.39, 0.29) is 10.0 Å². The van der Waals surface area contributed by atoms with Crippen molar-refractivity contribution in [3.8, 4) is 0 Å². The average molecular weight is 335 g/mol. The molecule has 6 heteroatoms. The highest BCUT2D eigenvalue weighted by molar-refractivity contribution is 7.93. The van der Waals surface area contributed by atoms with E-state index in [9.17, 15) is 4.21 Å². The van der Waals surface area contributed by atoms with Crippen LogP contribution in [0.3, 0.4) is 0 Å². The van der Waals surface area contributed by atoms with E-state index in [4.69, 9.17) is 34.8 Å². The molecule has 0 spiro atoms. The molecule has 0 saturated carbocycles. The molecule has 0 amide bonds. The molecule has 2 aromatic carbocycles. The molecule has 100 valence electrons. The molecule has 0 N–H and O–H groups in total. The van der Waals surface area contributed by atoms with Crippen molar-refractivity contribution in [2.24, 2.45) is 4.36 Å². The first-order chi connectivity index (χ1) is 8.90. The number of hydrogen-bond donors (Lipinski definition) is 0. The summed E-state index contributed by atoms with van der Waals surface area (Å²) < 4.78 is 16.8. The summed E-state index contributed by atoms with van der Waals surface area (Å²) >= 11 is 17.9. The Balaban J connectivity index is 2.62. The summed E-state index contributed by atoms with van der Waals surface area (Å²) in [4.78, 5) is 0.622. The minimum absolute atomic E-state index is 0.281. The summed E-state index contributed by atoms with van der Waals surface area (Å²) in [5.74, 6) is 0. The minimum atomic E-state index is -2.61. The predicted molar refractivity (Wildman–Crippen MR) is 82.3 cm³/mol. The normalized spacial score (nSPS) is 13.9. The molecular formula is C13H10Cl3NOS. The second-order valence-electron chi connectivity index (χ2n) is 3.92. The molecule has 2 aromatic rings. The average Bonchev–Trinajstić information content (AvgIpc) is 2.35. The van der Waals surface area contributed by atoms with Crippen molar-refractivity contribution in [2.75, 3.05) is 6.26 Å². The highest BCUT2D eigenvalue weighted by Crippen LogP contribution is 2.37. The van der Waals surface area contributed by atoms with Crippen LogP contribution in [0.15, 0.2) is 51.7 Å². The molecule has 1 atom stereocenters. The largest absolute Gasteiger partial charge is 0.245 e. The first-order valence-corrected chi connectivity index (χ1v) is 8.37. The van der Waals surface area contributed by atoms with E-state index >= 15 is 0 Å². The van der Waals surface area contributed by atoms with Gasteiger partial charge in [-0.2, -0.15) is 4.36 Å². The topological polar surface area (TPSA) is 29.4 Å². The van der Waals surface area contributed by atoms with Gasteiger partial charge in [-0.25, -0.2) is 4.21 Å². The number of rotatable bonds is 2. The number of benzene rings is 2. The van der Waals surface area contributed by atoms with Gasteiger partial charge in [0, 0.05) is 16.2 Å². The van der Waals surface area contributed by atoms with Gasteiger partial charge in [-0.05, 0) is 24.3 Å². The molecule has 0 aliphatic rings. The van der Waals surface area contributed by atoms with Crippen molar-refractivity contribution in [1.82, 2.24) is 0 Å². The van der Waals surface area contributed by atoms with Crippen LogP contribution in [0, 0.1) is 0 Å². The maximum atomic E-state index is 12.6. The molecule has 0 saturated heterocycles. The summed E-state index contributed by atoms with van der Waals surface area (Å²) in [6.45, 7) is 0. The number of nitrogens with zero attached hydrogens (tertiary/aromatic N) is 1. The Bertz CT molecular complexity index is 699. The zero-order chi connectivity index (χ0) is 14.0. The van der Waals surface area contributed by atoms with E-state index in [2.05, 4.69) is 4.36 Å². The predicted octanol–water partition coefficient (Wildman–Crippen LogP) is 5.44. The molecule has 2 rings (SSSR count). The quantitative estimate of drug-likeness (QED) is 0.719. The lowest BCUT2D eigenvalue weighted by molar-refractivity contribution is 0.681. The lowest BCUT2D eigenvalue weighted by Crippen LogP contribution is -1.96. The van der Waals surface area contributed by atoms with Gasteiger partial charge in [0.05, 0.1) is 19.8 Å². The fourth-order valence-electron chi connectivity index (χ4n) is 1.52. The van der Waals surface area contributed by atoms with Crippen LogP contribution in [0.2, 0.25) is 15.1 Å². The standard InChI is InChI=1S/C13H10Cl3NOS/c1-19(18,10-5-3-2-4-6-10)17-13-11(15)7-9(14)8-12(13)16/h2-8H,1H3. The van der Waals surface area contributed by atoms with Crippen LogP contribution >= 0.6 is 34.8 Å². The van der Waals surface area contributed by atoms with Crippen molar-refractivity contribution < 1.29 is 4.21 Å². The van der Waals surface area contributed by atoms with Crippen LogP contribution in [0.1, 0.15) is 0 Å². The minimum Gasteiger partial charge on any atom is -0.245 e. The van der Waals surface area contributed by atoms with Gasteiger partial charge in [0.2, 0.25) is 0 Å². The summed E-state index contributed by atoms with van der Waals surface area (Å²) in [6.07, 6.45) is 1.55. The van der Waals surface area contributed by atoms with Crippen LogP contribution in [-0.2, 0) is 9.73 Å². The Morgan fingerprint density at radius 3 is 2.05 bits per heavy atom. The van der Waals surface area contributed by atoms with E-state index in [0.717, 1.165) is 0 Å². The van der Waals surface area contributed by atoms with E-state index < -0.39 is 9.73 Å². The second kappa shape index (κ2) is 5.71. The zero-order valence-corrected chi connectivity index (χ0v) is 13.0. The van der Waals surface area contributed by atoms with Crippen molar-refractivity contribution in [2.45, 2.75) is 4.90 Å². The lowest BCUT2D eigenvalue weighted by atomic mass is 10.3. The first kappa shape index (κ1) is 14.7. The molecule has 0 aromatic heterocycles. The summed E-state index contributed by atoms with van der Waals surface area (Å²) in [6, 6.07) is 12.0. The molecular weight excluding hydrogens is 325 g/mol. The van der Waals surface area contributed by atoms with E-state index in [0.29, 0.717) is 15.6 Å². The van der Waals surface area contributed by atoms with Crippen LogP contribution in [0.5, 0.6) is 0 Å². The summed E-state index contributed by atoms with van der Waals surface area (Å²) in [5, 5.41) is 0.974. The molecule has 0 bridgehead atoms. The van der Waals surface area contributed by atoms with Gasteiger partial charge < -0.3 is 0 Å². The van der Waals surface area contributed by atoms with Crippen LogP contribution in [0.25, 0.3) is 0 Å². The maximum Gasteiger partial charge on any atom is 0.111 e. The van der Waals surface area contributed by atoms with Gasteiger partial charge in [0.1, 0.15) is 5.69 Å². The van der Waals surface area contributed by atoms with Gasteiger partial charge in [0.25, 0.3) is 0 Å². The monoisotopic (exact) mass is 333 g/mol. The van der Waals surface area contributed by atoms with Crippen molar-refractivity contribution in [3.63, 3.8) is 0 Å². The SMILES string of the molecule is CS(=O)(=Nc1c(Cl)cc(Cl)cc1Cl)c1ccccc1. The van der Waals surface area contributed by atoms with E-state index in [1.807, 2.05) is 6.07 Å². The van der Waals surface area contributed by atoms with Crippen molar-refractivity contribution in [3.05, 3.63) is 57.5 Å². The summed E-state index contributed by atoms with van der Waals surface area (Å²) in [7, 11) is -2.61. The smallest absolute Gasteiger partial charge is 0.111 e. The van der Waals surface area contributed by atoms with Crippen LogP contribution in [-0.4, -0.2) is 10.5 Å². The Morgan fingerprint density at radius 2 is 1.53 bits per heavy atom. The molecule has 1 unspecified atom stereocenters. The van der Waals surface area contributed by atoms with Crippen molar-refractivity contribution in [1.29, 1.82) is 0 Å². The van der Waals surface area contributed by atoms with E-state index in [1.165, 1.54) is 12.1 Å². The Labute approximate surface area is 127 Å². The van der Waals surface area contributed by atoms with Gasteiger partial charge in [0.15, 0.2) is 0 Å². The Kier molecular flexibility index (Phi) is 4.41. The third kappa shape index (κ3) is 3.42. The molecule has 0 aliphatic heterocycles. The molecule has 0 radical (unpaired) electrons. The Hall–Kier alpha value is -0.740. The third-order valence-corrected chi connectivity index (χ3v) is 4.90. The van der Waals surface area contributed by atoms with Gasteiger partial charge >= 0.3 is 0 Å². The van der Waals surface area contributed by atoms with Gasteiger partial charge in [-0.3, -0.25) is 0 Å². The second-order valence-corrected chi connectivity index (χ2v) is 7.43. The third-order valence-electron chi connectivity index (χ3n) is 2.43. The summed E-state index contributed by atoms with van der Waals surface area (Å²) in [5.41, 5.74) is 0.295. The fourth-order valence-corrected chi connectivity index (χ4v) is 3.84.